The van der Waals surface area contributed by atoms with E-state index < -0.39 is 29.8 Å². The zero-order valence-electron chi connectivity index (χ0n) is 14.3. The van der Waals surface area contributed by atoms with Crippen LogP contribution >= 0.6 is 11.6 Å². The molecule has 27 heavy (non-hydrogen) atoms. The van der Waals surface area contributed by atoms with Crippen molar-refractivity contribution in [1.82, 2.24) is 0 Å². The lowest BCUT2D eigenvalue weighted by Gasteiger charge is -2.25. The number of carbonyl (C=O) groups excluding carboxylic acids is 1. The molecule has 0 spiro atoms. The van der Waals surface area contributed by atoms with Crippen LogP contribution in [-0.2, 0) is 0 Å². The summed E-state index contributed by atoms with van der Waals surface area (Å²) in [5, 5.41) is 12.3. The van der Waals surface area contributed by atoms with Gasteiger partial charge in [0.05, 0.1) is 10.7 Å². The molecule has 0 aromatic heterocycles. The van der Waals surface area contributed by atoms with Gasteiger partial charge in [-0.1, -0.05) is 11.6 Å². The Morgan fingerprint density at radius 2 is 1.93 bits per heavy atom. The van der Waals surface area contributed by atoms with Crippen LogP contribution in [0.2, 0.25) is 5.02 Å². The molecule has 144 valence electrons. The van der Waals surface area contributed by atoms with Crippen LogP contribution in [0.3, 0.4) is 0 Å². The van der Waals surface area contributed by atoms with Crippen LogP contribution in [0.5, 0.6) is 0 Å². The number of benzene rings is 2. The largest absolute Gasteiger partial charge is 0.388 e. The van der Waals surface area contributed by atoms with Gasteiger partial charge in [-0.3, -0.25) is 4.79 Å². The third-order valence-electron chi connectivity index (χ3n) is 4.46. The van der Waals surface area contributed by atoms with Crippen molar-refractivity contribution in [2.24, 2.45) is 0 Å². The monoisotopic (exact) mass is 398 g/mol. The van der Waals surface area contributed by atoms with Gasteiger partial charge in [0.2, 0.25) is 0 Å². The summed E-state index contributed by atoms with van der Waals surface area (Å²) in [7, 11) is 0. The van der Waals surface area contributed by atoms with Crippen LogP contribution in [0, 0.1) is 11.6 Å². The number of aliphatic hydroxyl groups excluding tert-OH is 1. The summed E-state index contributed by atoms with van der Waals surface area (Å²) in [6.07, 6.45) is -1.91. The molecule has 1 fully saturated rings. The van der Waals surface area contributed by atoms with E-state index in [2.05, 4.69) is 5.32 Å². The average molecular weight is 399 g/mol. The molecule has 0 bridgehead atoms. The first-order valence-electron chi connectivity index (χ1n) is 8.48. The van der Waals surface area contributed by atoms with Crippen molar-refractivity contribution in [1.29, 1.82) is 0 Å². The zero-order valence-corrected chi connectivity index (χ0v) is 15.0. The van der Waals surface area contributed by atoms with Crippen molar-refractivity contribution in [3.63, 3.8) is 0 Å². The second-order valence-electron chi connectivity index (χ2n) is 6.42. The Morgan fingerprint density at radius 1 is 1.19 bits per heavy atom. The average Bonchev–Trinajstić information content (AvgIpc) is 2.80. The van der Waals surface area contributed by atoms with Crippen molar-refractivity contribution < 1.29 is 23.1 Å². The van der Waals surface area contributed by atoms with Gasteiger partial charge in [0.15, 0.2) is 0 Å². The van der Waals surface area contributed by atoms with E-state index in [0.717, 1.165) is 12.1 Å². The Hall–Kier alpha value is -2.25. The highest BCUT2D eigenvalue weighted by molar-refractivity contribution is 6.31. The van der Waals surface area contributed by atoms with Crippen LogP contribution < -0.4 is 10.2 Å². The first kappa shape index (κ1) is 19.5. The van der Waals surface area contributed by atoms with E-state index in [1.54, 1.807) is 0 Å². The Morgan fingerprint density at radius 3 is 2.67 bits per heavy atom. The number of halogens is 4. The molecule has 0 aliphatic carbocycles. The van der Waals surface area contributed by atoms with Crippen LogP contribution in [0.4, 0.5) is 24.5 Å². The maximum atomic E-state index is 14.3. The van der Waals surface area contributed by atoms with Gasteiger partial charge in [-0.25, -0.2) is 13.2 Å². The summed E-state index contributed by atoms with van der Waals surface area (Å²) in [6.45, 7) is 0.309. The smallest absolute Gasteiger partial charge is 0.255 e. The molecule has 0 saturated carbocycles. The van der Waals surface area contributed by atoms with Gasteiger partial charge in [-0.15, -0.1) is 0 Å². The minimum atomic E-state index is -1.35. The van der Waals surface area contributed by atoms with Crippen LogP contribution in [-0.4, -0.2) is 36.4 Å². The summed E-state index contributed by atoms with van der Waals surface area (Å²) < 4.78 is 41.2. The first-order valence-corrected chi connectivity index (χ1v) is 8.86. The fraction of sp³-hybridized carbons (Fsp3) is 0.316. The molecular weight excluding hydrogens is 381 g/mol. The maximum Gasteiger partial charge on any atom is 0.255 e. The molecule has 2 aromatic rings. The highest BCUT2D eigenvalue weighted by Crippen LogP contribution is 2.26. The molecular formula is C19H18ClF3N2O2. The standard InChI is InChI=1S/C19H18ClF3N2O2/c20-13-9-12(4-6-14(13)21)24-19(27)11-3-5-15(22)17(8-11)25-7-1-2-16(23)18(26)10-25/h3-6,8-9,16,18,26H,1-2,7,10H2,(H,24,27)/t16?,18-/m0/s1. The molecule has 1 unspecified atom stereocenters. The number of carbonyl (C=O) groups is 1. The Balaban J connectivity index is 1.81. The summed E-state index contributed by atoms with van der Waals surface area (Å²) in [5.74, 6) is -1.71. The molecule has 3 rings (SSSR count). The molecule has 1 saturated heterocycles. The van der Waals surface area contributed by atoms with E-state index >= 15 is 0 Å². The van der Waals surface area contributed by atoms with Gasteiger partial charge >= 0.3 is 0 Å². The molecule has 8 heteroatoms. The Kier molecular flexibility index (Phi) is 5.92. The molecule has 4 nitrogen and oxygen atoms in total. The number of alkyl halides is 1. The summed E-state index contributed by atoms with van der Waals surface area (Å²) in [6, 6.07) is 7.56. The molecule has 2 aromatic carbocycles. The Labute approximate surface area is 159 Å². The minimum absolute atomic E-state index is 0.0588. The molecule has 2 atom stereocenters. The maximum absolute atomic E-state index is 14.3. The summed E-state index contributed by atoms with van der Waals surface area (Å²) >= 11 is 5.69. The molecule has 0 radical (unpaired) electrons. The van der Waals surface area contributed by atoms with Crippen molar-refractivity contribution in [3.8, 4) is 0 Å². The van der Waals surface area contributed by atoms with Crippen molar-refractivity contribution in [2.45, 2.75) is 25.1 Å². The fourth-order valence-corrected chi connectivity index (χ4v) is 3.17. The molecule has 2 N–H and O–H groups in total. The van der Waals surface area contributed by atoms with E-state index in [0.29, 0.717) is 18.7 Å². The lowest BCUT2D eigenvalue weighted by atomic mass is 10.1. The molecule has 1 heterocycles. The summed E-state index contributed by atoms with van der Waals surface area (Å²) in [5.41, 5.74) is 0.582. The van der Waals surface area contributed by atoms with E-state index in [9.17, 15) is 23.1 Å². The van der Waals surface area contributed by atoms with Gasteiger partial charge < -0.3 is 15.3 Å². The number of anilines is 2. The normalized spacial score (nSPS) is 20.3. The summed E-state index contributed by atoms with van der Waals surface area (Å²) in [4.78, 5) is 14.0. The van der Waals surface area contributed by atoms with Crippen molar-refractivity contribution in [3.05, 3.63) is 58.6 Å². The number of nitrogens with one attached hydrogen (secondary N) is 1. The molecule has 1 aliphatic rings. The third-order valence-corrected chi connectivity index (χ3v) is 4.75. The number of amides is 1. The Bertz CT molecular complexity index is 850. The topological polar surface area (TPSA) is 52.6 Å². The molecule has 1 amide bonds. The SMILES string of the molecule is O=C(Nc1ccc(F)c(Cl)c1)c1ccc(F)c(N2CCCC(F)[C@@H](O)C2)c1. The highest BCUT2D eigenvalue weighted by atomic mass is 35.5. The van der Waals surface area contributed by atoms with Crippen LogP contribution in [0.1, 0.15) is 23.2 Å². The number of hydrogen-bond donors (Lipinski definition) is 2. The van der Waals surface area contributed by atoms with Gasteiger partial charge in [-0.05, 0) is 49.2 Å². The second-order valence-corrected chi connectivity index (χ2v) is 6.83. The number of rotatable bonds is 3. The van der Waals surface area contributed by atoms with Gasteiger partial charge in [-0.2, -0.15) is 0 Å². The van der Waals surface area contributed by atoms with E-state index in [1.807, 2.05) is 0 Å². The van der Waals surface area contributed by atoms with Gasteiger partial charge in [0.1, 0.15) is 23.9 Å². The lowest BCUT2D eigenvalue weighted by molar-refractivity contribution is 0.0846. The fourth-order valence-electron chi connectivity index (χ4n) is 2.99. The van der Waals surface area contributed by atoms with Gasteiger partial charge in [0.25, 0.3) is 5.91 Å². The van der Waals surface area contributed by atoms with Gasteiger partial charge in [0, 0.05) is 24.3 Å². The lowest BCUT2D eigenvalue weighted by Crippen LogP contribution is -2.35. The van der Waals surface area contributed by atoms with Crippen molar-refractivity contribution >= 4 is 28.9 Å². The first-order chi connectivity index (χ1) is 12.8. The quantitative estimate of drug-likeness (QED) is 0.816. The zero-order chi connectivity index (χ0) is 19.6. The minimum Gasteiger partial charge on any atom is -0.388 e. The third kappa shape index (κ3) is 4.54. The predicted molar refractivity (Wildman–Crippen MR) is 98.1 cm³/mol. The second kappa shape index (κ2) is 8.19. The number of aliphatic hydroxyl groups is 1. The number of β-amino-alcohol motifs (C(OH)–C–C–N with tert-alkyl or cyclic N) is 1. The van der Waals surface area contributed by atoms with E-state index in [-0.39, 0.29) is 29.2 Å². The van der Waals surface area contributed by atoms with Crippen LogP contribution in [0.25, 0.3) is 0 Å². The highest BCUT2D eigenvalue weighted by Gasteiger charge is 2.27. The predicted octanol–water partition coefficient (Wildman–Crippen LogP) is 4.17. The number of hydrogen-bond acceptors (Lipinski definition) is 3. The van der Waals surface area contributed by atoms with E-state index in [4.69, 9.17) is 11.6 Å². The van der Waals surface area contributed by atoms with Crippen LogP contribution in [0.15, 0.2) is 36.4 Å². The number of nitrogens with zero attached hydrogens (tertiary/aromatic N) is 1. The van der Waals surface area contributed by atoms with Crippen molar-refractivity contribution in [2.75, 3.05) is 23.3 Å². The van der Waals surface area contributed by atoms with E-state index in [1.165, 1.54) is 29.2 Å². The molecule has 1 aliphatic heterocycles.